The van der Waals surface area contributed by atoms with Crippen LogP contribution in [0.3, 0.4) is 0 Å². The molecule has 2 N–H and O–H groups in total. The molecule has 0 bridgehead atoms. The quantitative estimate of drug-likeness (QED) is 0.389. The van der Waals surface area contributed by atoms with Crippen molar-refractivity contribution in [3.05, 3.63) is 76.3 Å². The average molecular weight is 377 g/mol. The third kappa shape index (κ3) is 4.42. The first-order valence-corrected chi connectivity index (χ1v) is 8.48. The van der Waals surface area contributed by atoms with Crippen molar-refractivity contribution >= 4 is 34.3 Å². The Balaban J connectivity index is 1.63. The van der Waals surface area contributed by atoms with Gasteiger partial charge in [-0.25, -0.2) is 5.43 Å². The van der Waals surface area contributed by atoms with Gasteiger partial charge in [0.2, 0.25) is 0 Å². The van der Waals surface area contributed by atoms with E-state index in [1.807, 2.05) is 42.5 Å². The minimum absolute atomic E-state index is 0.0182. The second-order valence-electron chi connectivity index (χ2n) is 6.14. The largest absolute Gasteiger partial charge is 0.872 e. The number of non-ortho nitro benzene ring substituents is 1. The summed E-state index contributed by atoms with van der Waals surface area (Å²) in [7, 11) is 0. The number of anilines is 1. The van der Waals surface area contributed by atoms with E-state index < -0.39 is 22.6 Å². The molecule has 3 aromatic carbocycles. The van der Waals surface area contributed by atoms with Gasteiger partial charge in [-0.1, -0.05) is 42.1 Å². The van der Waals surface area contributed by atoms with E-state index in [1.54, 1.807) is 6.92 Å². The minimum atomic E-state index is -0.606. The van der Waals surface area contributed by atoms with E-state index in [9.17, 15) is 20.0 Å². The van der Waals surface area contributed by atoms with Crippen molar-refractivity contribution in [2.75, 3.05) is 5.32 Å². The number of rotatable bonds is 6. The van der Waals surface area contributed by atoms with Crippen molar-refractivity contribution < 1.29 is 14.8 Å². The number of fused-ring (bicyclic) bond motifs is 1. The number of benzene rings is 3. The molecule has 3 aromatic rings. The van der Waals surface area contributed by atoms with Gasteiger partial charge in [-0.3, -0.25) is 14.9 Å². The summed E-state index contributed by atoms with van der Waals surface area (Å²) in [6, 6.07) is 16.4. The van der Waals surface area contributed by atoms with Crippen LogP contribution >= 0.6 is 0 Å². The van der Waals surface area contributed by atoms with E-state index in [0.29, 0.717) is 0 Å². The molecule has 3 rings (SSSR count). The number of hydrazone groups is 1. The maximum Gasteiger partial charge on any atom is 0.270 e. The fraction of sp³-hybridized carbons (Fsp3) is 0.100. The Bertz CT molecular complexity index is 1070. The first kappa shape index (κ1) is 18.8. The van der Waals surface area contributed by atoms with Crippen molar-refractivity contribution in [2.45, 2.75) is 13.0 Å². The number of hydrogen-bond acceptors (Lipinski definition) is 6. The van der Waals surface area contributed by atoms with Crippen LogP contribution in [0, 0.1) is 10.1 Å². The first-order chi connectivity index (χ1) is 13.4. The molecular weight excluding hydrogens is 360 g/mol. The fourth-order valence-electron chi connectivity index (χ4n) is 2.61. The van der Waals surface area contributed by atoms with Crippen LogP contribution in [0.5, 0.6) is 5.75 Å². The lowest BCUT2D eigenvalue weighted by Crippen LogP contribution is -2.34. The molecule has 8 nitrogen and oxygen atoms in total. The molecule has 142 valence electrons. The van der Waals surface area contributed by atoms with Gasteiger partial charge in [0.05, 0.1) is 11.1 Å². The molecule has 0 aliphatic heterocycles. The van der Waals surface area contributed by atoms with Gasteiger partial charge in [-0.05, 0) is 35.4 Å². The highest BCUT2D eigenvalue weighted by Crippen LogP contribution is 2.20. The maximum absolute atomic E-state index is 12.2. The Morgan fingerprint density at radius 1 is 1.11 bits per heavy atom. The van der Waals surface area contributed by atoms with Crippen molar-refractivity contribution in [1.29, 1.82) is 0 Å². The highest BCUT2D eigenvalue weighted by molar-refractivity contribution is 5.89. The molecule has 0 radical (unpaired) electrons. The van der Waals surface area contributed by atoms with E-state index in [0.717, 1.165) is 40.9 Å². The maximum atomic E-state index is 12.2. The summed E-state index contributed by atoms with van der Waals surface area (Å²) in [6.45, 7) is 1.67. The molecule has 8 heteroatoms. The van der Waals surface area contributed by atoms with Crippen LogP contribution in [0.1, 0.15) is 12.5 Å². The lowest BCUT2D eigenvalue weighted by atomic mass is 10.1. The van der Waals surface area contributed by atoms with Crippen LogP contribution in [-0.2, 0) is 4.79 Å². The third-order valence-electron chi connectivity index (χ3n) is 4.11. The van der Waals surface area contributed by atoms with Crippen LogP contribution in [0.25, 0.3) is 10.8 Å². The number of carbonyl (C=O) groups excluding carboxylic acids is 1. The predicted molar refractivity (Wildman–Crippen MR) is 105 cm³/mol. The number of hydrogen-bond donors (Lipinski definition) is 2. The Labute approximate surface area is 160 Å². The molecule has 0 aliphatic carbocycles. The molecule has 1 atom stereocenters. The average Bonchev–Trinajstić information content (AvgIpc) is 2.69. The lowest BCUT2D eigenvalue weighted by molar-refractivity contribution is -0.385. The smallest absolute Gasteiger partial charge is 0.270 e. The molecule has 0 unspecified atom stereocenters. The Morgan fingerprint density at radius 3 is 2.61 bits per heavy atom. The van der Waals surface area contributed by atoms with Gasteiger partial charge in [0.15, 0.2) is 0 Å². The number of carbonyl (C=O) groups is 1. The van der Waals surface area contributed by atoms with Crippen LogP contribution in [0.2, 0.25) is 0 Å². The molecular formula is C20H17N4O4-. The van der Waals surface area contributed by atoms with Crippen LogP contribution in [0.4, 0.5) is 11.4 Å². The van der Waals surface area contributed by atoms with E-state index in [1.165, 1.54) is 0 Å². The van der Waals surface area contributed by atoms with E-state index in [-0.39, 0.29) is 11.3 Å². The van der Waals surface area contributed by atoms with Crippen molar-refractivity contribution in [2.24, 2.45) is 5.10 Å². The lowest BCUT2D eigenvalue weighted by Gasteiger charge is -2.14. The molecule has 0 heterocycles. The van der Waals surface area contributed by atoms with Gasteiger partial charge in [0, 0.05) is 17.8 Å². The summed E-state index contributed by atoms with van der Waals surface area (Å²) in [5.74, 6) is -0.840. The van der Waals surface area contributed by atoms with Gasteiger partial charge < -0.3 is 10.4 Å². The predicted octanol–water partition coefficient (Wildman–Crippen LogP) is 2.77. The van der Waals surface area contributed by atoms with Crippen molar-refractivity contribution in [3.63, 3.8) is 0 Å². The zero-order chi connectivity index (χ0) is 20.1. The monoisotopic (exact) mass is 377 g/mol. The summed E-state index contributed by atoms with van der Waals surface area (Å²) in [6.07, 6.45) is 1.09. The fourth-order valence-corrected chi connectivity index (χ4v) is 2.61. The topological polar surface area (TPSA) is 120 Å². The molecule has 1 amide bonds. The number of nitro groups is 1. The molecule has 0 aliphatic rings. The van der Waals surface area contributed by atoms with E-state index >= 15 is 0 Å². The highest BCUT2D eigenvalue weighted by atomic mass is 16.6. The Morgan fingerprint density at radius 2 is 1.86 bits per heavy atom. The summed E-state index contributed by atoms with van der Waals surface area (Å²) < 4.78 is 0. The van der Waals surface area contributed by atoms with Crippen LogP contribution in [0.15, 0.2) is 65.8 Å². The number of nitro benzene ring substituents is 1. The van der Waals surface area contributed by atoms with Gasteiger partial charge >= 0.3 is 0 Å². The summed E-state index contributed by atoms with van der Waals surface area (Å²) in [5, 5.41) is 31.4. The number of nitrogens with zero attached hydrogens (tertiary/aromatic N) is 2. The Kier molecular flexibility index (Phi) is 5.50. The molecule has 0 spiro atoms. The van der Waals surface area contributed by atoms with Gasteiger partial charge in [0.1, 0.15) is 6.04 Å². The van der Waals surface area contributed by atoms with Gasteiger partial charge in [0.25, 0.3) is 11.6 Å². The molecule has 0 aromatic heterocycles. The zero-order valence-electron chi connectivity index (χ0n) is 15.0. The highest BCUT2D eigenvalue weighted by Gasteiger charge is 2.12. The number of nitrogens with one attached hydrogen (secondary N) is 2. The van der Waals surface area contributed by atoms with E-state index in [4.69, 9.17) is 0 Å². The van der Waals surface area contributed by atoms with Crippen molar-refractivity contribution in [1.82, 2.24) is 5.43 Å². The molecule has 0 saturated heterocycles. The van der Waals surface area contributed by atoms with E-state index in [2.05, 4.69) is 15.8 Å². The Hall–Kier alpha value is -3.94. The summed E-state index contributed by atoms with van der Waals surface area (Å²) in [5.41, 5.74) is 2.90. The summed E-state index contributed by atoms with van der Waals surface area (Å²) in [4.78, 5) is 22.4. The number of amides is 1. The molecule has 0 saturated carbocycles. The minimum Gasteiger partial charge on any atom is -0.872 e. The molecule has 28 heavy (non-hydrogen) atoms. The van der Waals surface area contributed by atoms with Gasteiger partial charge in [-0.2, -0.15) is 5.10 Å². The second-order valence-corrected chi connectivity index (χ2v) is 6.14. The summed E-state index contributed by atoms with van der Waals surface area (Å²) >= 11 is 0. The standard InChI is InChI=1S/C20H18N4O4/c1-13(22-17-7-6-14-4-2-3-5-15(14)10-17)20(26)23-21-12-16-11-18(24(27)28)8-9-19(16)25/h2-13,22,25H,1H3,(H,23,26)/p-1/b21-12-/t13-/m1/s1. The van der Waals surface area contributed by atoms with Gasteiger partial charge in [-0.15, -0.1) is 0 Å². The van der Waals surface area contributed by atoms with Crippen molar-refractivity contribution in [3.8, 4) is 5.75 Å². The van der Waals surface area contributed by atoms with Crippen LogP contribution < -0.4 is 15.8 Å². The molecule has 0 fully saturated rings. The normalized spacial score (nSPS) is 12.0. The SMILES string of the molecule is C[C@@H](Nc1ccc2ccccc2c1)C(=O)N/N=C\c1cc([N+](=O)[O-])ccc1[O-]. The second kappa shape index (κ2) is 8.17. The van der Waals surface area contributed by atoms with Crippen LogP contribution in [-0.4, -0.2) is 23.1 Å². The zero-order valence-corrected chi connectivity index (χ0v) is 15.0. The third-order valence-corrected chi connectivity index (χ3v) is 4.11. The first-order valence-electron chi connectivity index (χ1n) is 8.48.